The summed E-state index contributed by atoms with van der Waals surface area (Å²) in [5.41, 5.74) is 1.31. The van der Waals surface area contributed by atoms with E-state index in [2.05, 4.69) is 57.0 Å². The molecule has 23 heavy (non-hydrogen) atoms. The van der Waals surface area contributed by atoms with E-state index in [1.54, 1.807) is 0 Å². The molecule has 130 valence electrons. The highest BCUT2D eigenvalue weighted by atomic mass is 127. The zero-order valence-corrected chi connectivity index (χ0v) is 17.4. The highest BCUT2D eigenvalue weighted by molar-refractivity contribution is 14.0. The van der Waals surface area contributed by atoms with Crippen molar-refractivity contribution in [3.63, 3.8) is 0 Å². The van der Waals surface area contributed by atoms with Gasteiger partial charge >= 0.3 is 0 Å². The van der Waals surface area contributed by atoms with Crippen LogP contribution in [0.5, 0.6) is 0 Å². The second-order valence-corrected chi connectivity index (χ2v) is 8.16. The molecule has 2 fully saturated rings. The van der Waals surface area contributed by atoms with Crippen LogP contribution in [0, 0.1) is 0 Å². The van der Waals surface area contributed by atoms with E-state index in [1.807, 2.05) is 7.05 Å². The van der Waals surface area contributed by atoms with Crippen molar-refractivity contribution < 1.29 is 0 Å². The smallest absolute Gasteiger partial charge is 0.193 e. The minimum Gasteiger partial charge on any atom is -0.357 e. The number of aryl methyl sites for hydroxylation is 1. The first-order valence-corrected chi connectivity index (χ1v) is 9.40. The fourth-order valence-corrected chi connectivity index (χ4v) is 5.27. The van der Waals surface area contributed by atoms with Crippen molar-refractivity contribution in [3.05, 3.63) is 24.0 Å². The van der Waals surface area contributed by atoms with E-state index in [1.165, 1.54) is 43.4 Å². The lowest BCUT2D eigenvalue weighted by atomic mass is 9.87. The largest absolute Gasteiger partial charge is 0.357 e. The van der Waals surface area contributed by atoms with Crippen molar-refractivity contribution in [1.82, 2.24) is 14.8 Å². The van der Waals surface area contributed by atoms with Gasteiger partial charge in [-0.3, -0.25) is 4.99 Å². The van der Waals surface area contributed by atoms with E-state index in [0.29, 0.717) is 4.75 Å². The molecule has 0 bridgehead atoms. The molecule has 1 aliphatic carbocycles. The first kappa shape index (κ1) is 19.0. The van der Waals surface area contributed by atoms with E-state index < -0.39 is 0 Å². The van der Waals surface area contributed by atoms with Crippen molar-refractivity contribution >= 4 is 41.7 Å². The van der Waals surface area contributed by atoms with Crippen LogP contribution in [0.3, 0.4) is 0 Å². The first-order chi connectivity index (χ1) is 10.7. The molecule has 3 rings (SSSR count). The van der Waals surface area contributed by atoms with Crippen LogP contribution in [0.15, 0.2) is 23.5 Å². The molecule has 0 aromatic carbocycles. The number of hydrogen-bond acceptors (Lipinski definition) is 2. The molecule has 1 aromatic rings. The number of guanidine groups is 1. The van der Waals surface area contributed by atoms with Crippen LogP contribution in [0.25, 0.3) is 0 Å². The molecule has 1 N–H and O–H groups in total. The number of aromatic nitrogens is 1. The van der Waals surface area contributed by atoms with E-state index in [9.17, 15) is 0 Å². The molecular weight excluding hydrogens is 419 g/mol. The summed E-state index contributed by atoms with van der Waals surface area (Å²) in [4.78, 5) is 7.00. The van der Waals surface area contributed by atoms with Gasteiger partial charge in [-0.15, -0.1) is 24.0 Å². The molecule has 0 amide bonds. The van der Waals surface area contributed by atoms with Crippen molar-refractivity contribution in [2.75, 3.05) is 25.9 Å². The molecular formula is C17H29IN4S. The third-order valence-electron chi connectivity index (χ3n) is 4.87. The van der Waals surface area contributed by atoms with Crippen molar-refractivity contribution in [1.29, 1.82) is 0 Å². The summed E-state index contributed by atoms with van der Waals surface area (Å²) in [6, 6.07) is 2.16. The minimum absolute atomic E-state index is 0. The summed E-state index contributed by atoms with van der Waals surface area (Å²) in [5, 5.41) is 3.54. The van der Waals surface area contributed by atoms with Gasteiger partial charge in [-0.25, -0.2) is 0 Å². The predicted molar refractivity (Wildman–Crippen MR) is 111 cm³/mol. The summed E-state index contributed by atoms with van der Waals surface area (Å²) < 4.78 is 2.58. The summed E-state index contributed by atoms with van der Waals surface area (Å²) in [6.45, 7) is 3.12. The molecule has 6 heteroatoms. The summed E-state index contributed by atoms with van der Waals surface area (Å²) in [7, 11) is 3.97. The summed E-state index contributed by atoms with van der Waals surface area (Å²) >= 11 is 2.21. The monoisotopic (exact) mass is 448 g/mol. The molecule has 1 saturated heterocycles. The molecule has 1 aromatic heterocycles. The number of halogens is 1. The van der Waals surface area contributed by atoms with Crippen LogP contribution < -0.4 is 5.32 Å². The Hall–Kier alpha value is -0.370. The number of rotatable bonds is 2. The molecule has 4 nitrogen and oxygen atoms in total. The van der Waals surface area contributed by atoms with E-state index in [-0.39, 0.29) is 24.0 Å². The van der Waals surface area contributed by atoms with E-state index in [4.69, 9.17) is 0 Å². The molecule has 0 unspecified atom stereocenters. The maximum atomic E-state index is 4.53. The van der Waals surface area contributed by atoms with Crippen LogP contribution in [-0.2, 0) is 13.6 Å². The third-order valence-corrected chi connectivity index (χ3v) is 6.40. The van der Waals surface area contributed by atoms with Gasteiger partial charge in [0.1, 0.15) is 0 Å². The maximum absolute atomic E-state index is 4.53. The van der Waals surface area contributed by atoms with Crippen LogP contribution in [0.2, 0.25) is 0 Å². The Morgan fingerprint density at radius 2 is 2.13 bits per heavy atom. The second-order valence-electron chi connectivity index (χ2n) is 6.60. The Kier molecular flexibility index (Phi) is 7.13. The number of hydrogen-bond donors (Lipinski definition) is 1. The lowest BCUT2D eigenvalue weighted by Crippen LogP contribution is -2.53. The fraction of sp³-hybridized carbons (Fsp3) is 0.706. The van der Waals surface area contributed by atoms with Gasteiger partial charge in [0.25, 0.3) is 0 Å². The Morgan fingerprint density at radius 3 is 2.78 bits per heavy atom. The van der Waals surface area contributed by atoms with Crippen LogP contribution in [0.1, 0.15) is 37.7 Å². The standard InChI is InChI=1S/C17H28N4S.HI/c1-18-16(19-12-15-6-9-20(2)13-15)21-10-11-22-17(14-21)7-4-3-5-8-17;/h6,9,13H,3-5,7-8,10-12,14H2,1-2H3,(H,18,19);1H. The Labute approximate surface area is 161 Å². The highest BCUT2D eigenvalue weighted by Gasteiger charge is 2.38. The molecule has 1 spiro atoms. The molecule has 2 heterocycles. The van der Waals surface area contributed by atoms with Crippen LogP contribution >= 0.6 is 35.7 Å². The number of nitrogens with zero attached hydrogens (tertiary/aromatic N) is 3. The van der Waals surface area contributed by atoms with Gasteiger partial charge in [-0.2, -0.15) is 11.8 Å². The maximum Gasteiger partial charge on any atom is 0.193 e. The zero-order chi connectivity index (χ0) is 15.4. The SMILES string of the molecule is CN=C(NCc1ccn(C)c1)N1CCSC2(CCCCC2)C1.I. The molecule has 1 saturated carbocycles. The van der Waals surface area contributed by atoms with Gasteiger partial charge in [0.2, 0.25) is 0 Å². The average molecular weight is 448 g/mol. The Bertz CT molecular complexity index is 517. The number of aliphatic imine (C=N–C) groups is 1. The summed E-state index contributed by atoms with van der Waals surface area (Å²) in [5.74, 6) is 2.29. The van der Waals surface area contributed by atoms with Gasteiger partial charge in [0, 0.05) is 56.6 Å². The molecule has 0 atom stereocenters. The quantitative estimate of drug-likeness (QED) is 0.427. The highest BCUT2D eigenvalue weighted by Crippen LogP contribution is 2.42. The van der Waals surface area contributed by atoms with Gasteiger partial charge < -0.3 is 14.8 Å². The predicted octanol–water partition coefficient (Wildman–Crippen LogP) is 3.47. The minimum atomic E-state index is 0. The first-order valence-electron chi connectivity index (χ1n) is 8.41. The number of nitrogens with one attached hydrogen (secondary N) is 1. The number of thioether (sulfide) groups is 1. The van der Waals surface area contributed by atoms with Crippen molar-refractivity contribution in [2.24, 2.45) is 12.0 Å². The third kappa shape index (κ3) is 4.81. The normalized spacial score (nSPS) is 21.1. The Morgan fingerprint density at radius 1 is 1.35 bits per heavy atom. The average Bonchev–Trinajstić information content (AvgIpc) is 2.94. The van der Waals surface area contributed by atoms with E-state index in [0.717, 1.165) is 25.6 Å². The van der Waals surface area contributed by atoms with Gasteiger partial charge in [0.15, 0.2) is 5.96 Å². The second kappa shape index (κ2) is 8.65. The zero-order valence-electron chi connectivity index (χ0n) is 14.3. The van der Waals surface area contributed by atoms with Gasteiger partial charge in [-0.05, 0) is 24.5 Å². The van der Waals surface area contributed by atoms with Gasteiger partial charge in [0.05, 0.1) is 0 Å². The van der Waals surface area contributed by atoms with Crippen molar-refractivity contribution in [3.8, 4) is 0 Å². The van der Waals surface area contributed by atoms with Crippen LogP contribution in [-0.4, -0.2) is 46.1 Å². The molecule has 2 aliphatic rings. The lowest BCUT2D eigenvalue weighted by Gasteiger charge is -2.45. The van der Waals surface area contributed by atoms with Gasteiger partial charge in [-0.1, -0.05) is 19.3 Å². The molecule has 0 radical (unpaired) electrons. The summed E-state index contributed by atoms with van der Waals surface area (Å²) in [6.07, 6.45) is 11.2. The fourth-order valence-electron chi connectivity index (χ4n) is 3.70. The van der Waals surface area contributed by atoms with Crippen molar-refractivity contribution in [2.45, 2.75) is 43.4 Å². The molecule has 1 aliphatic heterocycles. The topological polar surface area (TPSA) is 32.6 Å². The lowest BCUT2D eigenvalue weighted by molar-refractivity contribution is 0.293. The van der Waals surface area contributed by atoms with E-state index >= 15 is 0 Å². The van der Waals surface area contributed by atoms with Crippen LogP contribution in [0.4, 0.5) is 0 Å². The Balaban J connectivity index is 0.00000192.